The molecule has 4 fully saturated rings. The minimum Gasteiger partial charge on any atom is -0.310 e. The molecule has 4 saturated carbocycles. The Morgan fingerprint density at radius 1 is 0.490 bits per heavy atom. The van der Waals surface area contributed by atoms with Gasteiger partial charge >= 0.3 is 0 Å². The highest BCUT2D eigenvalue weighted by atomic mass is 15.1. The van der Waals surface area contributed by atoms with Crippen molar-refractivity contribution in [2.24, 2.45) is 23.7 Å². The van der Waals surface area contributed by atoms with Gasteiger partial charge in [-0.15, -0.1) is 0 Å². The molecule has 0 N–H and O–H groups in total. The van der Waals surface area contributed by atoms with Crippen LogP contribution in [-0.4, -0.2) is 0 Å². The maximum Gasteiger partial charge on any atom is 0.0502 e. The normalized spacial score (nSPS) is 27.8. The fourth-order valence-corrected chi connectivity index (χ4v) is 12.0. The summed E-state index contributed by atoms with van der Waals surface area (Å²) in [6, 6.07) is 44.5. The molecule has 6 aliphatic rings. The molecule has 0 radical (unpaired) electrons. The van der Waals surface area contributed by atoms with Crippen molar-refractivity contribution in [3.8, 4) is 22.3 Å². The molecular formula is C48H49N. The molecule has 0 atom stereocenters. The Labute approximate surface area is 293 Å². The average molecular weight is 640 g/mol. The summed E-state index contributed by atoms with van der Waals surface area (Å²) in [5, 5.41) is 0. The molecule has 1 spiro atoms. The highest BCUT2D eigenvalue weighted by molar-refractivity contribution is 5.89. The van der Waals surface area contributed by atoms with E-state index < -0.39 is 0 Å². The van der Waals surface area contributed by atoms with Crippen LogP contribution in [0.5, 0.6) is 0 Å². The van der Waals surface area contributed by atoms with E-state index >= 15 is 0 Å². The van der Waals surface area contributed by atoms with Gasteiger partial charge in [0.15, 0.2) is 0 Å². The van der Waals surface area contributed by atoms with Crippen LogP contribution in [-0.2, 0) is 16.2 Å². The Morgan fingerprint density at radius 3 is 1.88 bits per heavy atom. The van der Waals surface area contributed by atoms with Gasteiger partial charge in [0.1, 0.15) is 0 Å². The van der Waals surface area contributed by atoms with Gasteiger partial charge in [0.2, 0.25) is 0 Å². The molecule has 0 aromatic heterocycles. The van der Waals surface area contributed by atoms with Crippen LogP contribution in [0.15, 0.2) is 115 Å². The van der Waals surface area contributed by atoms with Crippen molar-refractivity contribution < 1.29 is 0 Å². The third-order valence-corrected chi connectivity index (χ3v) is 14.1. The summed E-state index contributed by atoms with van der Waals surface area (Å²) in [7, 11) is 0. The molecular weight excluding hydrogens is 591 g/mol. The van der Waals surface area contributed by atoms with Gasteiger partial charge < -0.3 is 4.90 Å². The highest BCUT2D eigenvalue weighted by Gasteiger charge is 2.61. The quantitative estimate of drug-likeness (QED) is 0.189. The Balaban J connectivity index is 1.20. The lowest BCUT2D eigenvalue weighted by molar-refractivity contribution is -0.0399. The third kappa shape index (κ3) is 4.24. The summed E-state index contributed by atoms with van der Waals surface area (Å²) in [4.78, 5) is 2.59. The Bertz CT molecular complexity index is 2060. The zero-order valence-corrected chi connectivity index (χ0v) is 29.7. The van der Waals surface area contributed by atoms with Gasteiger partial charge in [-0.3, -0.25) is 0 Å². The average Bonchev–Trinajstić information content (AvgIpc) is 3.39. The molecule has 4 bridgehead atoms. The van der Waals surface area contributed by atoms with E-state index in [0.29, 0.717) is 0 Å². The zero-order valence-electron chi connectivity index (χ0n) is 29.7. The van der Waals surface area contributed by atoms with Crippen molar-refractivity contribution >= 4 is 17.1 Å². The SMILES string of the molecule is CC1(C)CCC(C)(C)c2c(N(c3ccccc3)c3ccc4c(c3)-c3ccc(-c5ccccc5)cc3C43C4CC5CC(C4)CC3C5)cccc21. The minimum atomic E-state index is 0.0933. The first-order chi connectivity index (χ1) is 23.7. The fourth-order valence-electron chi connectivity index (χ4n) is 12.0. The molecule has 6 aliphatic carbocycles. The van der Waals surface area contributed by atoms with Gasteiger partial charge in [-0.1, -0.05) is 107 Å². The highest BCUT2D eigenvalue weighted by Crippen LogP contribution is 2.70. The summed E-state index contributed by atoms with van der Waals surface area (Å²) >= 11 is 0. The van der Waals surface area contributed by atoms with E-state index in [1.54, 1.807) is 11.1 Å². The lowest BCUT2D eigenvalue weighted by atomic mass is 9.43. The summed E-state index contributed by atoms with van der Waals surface area (Å²) < 4.78 is 0. The van der Waals surface area contributed by atoms with Gasteiger partial charge in [-0.25, -0.2) is 0 Å². The number of para-hydroxylation sites is 1. The molecule has 49 heavy (non-hydrogen) atoms. The lowest BCUT2D eigenvalue weighted by Crippen LogP contribution is -2.55. The van der Waals surface area contributed by atoms with Crippen LogP contribution in [0, 0.1) is 23.7 Å². The molecule has 0 amide bonds. The first kappa shape index (κ1) is 29.8. The van der Waals surface area contributed by atoms with Gasteiger partial charge in [-0.2, -0.15) is 0 Å². The molecule has 0 saturated heterocycles. The van der Waals surface area contributed by atoms with Crippen molar-refractivity contribution in [1.29, 1.82) is 0 Å². The van der Waals surface area contributed by atoms with Crippen molar-refractivity contribution in [2.75, 3.05) is 4.90 Å². The second kappa shape index (κ2) is 10.5. The fraction of sp³-hybridized carbons (Fsp3) is 0.375. The number of benzene rings is 5. The number of fused-ring (bicyclic) bond motifs is 4. The van der Waals surface area contributed by atoms with Crippen LogP contribution in [0.3, 0.4) is 0 Å². The largest absolute Gasteiger partial charge is 0.310 e. The first-order valence-corrected chi connectivity index (χ1v) is 19.1. The predicted octanol–water partition coefficient (Wildman–Crippen LogP) is 12.9. The smallest absolute Gasteiger partial charge is 0.0502 e. The van der Waals surface area contributed by atoms with Gasteiger partial charge in [0.05, 0.1) is 5.69 Å². The predicted molar refractivity (Wildman–Crippen MR) is 205 cm³/mol. The van der Waals surface area contributed by atoms with E-state index in [9.17, 15) is 0 Å². The standard InChI is InChI=1S/C48H49N/c1-46(2)22-23-47(3,4)45-42(46)16-11-17-44(45)49(37-14-9-6-10-15-37)38-19-21-41-40(30-38)39-20-18-34(33-12-7-5-8-13-33)29-43(39)48(41)35-25-31-24-32(27-35)28-36(48)26-31/h5-21,29-32,35-36H,22-28H2,1-4H3. The molecule has 1 heteroatoms. The number of rotatable bonds is 4. The topological polar surface area (TPSA) is 3.24 Å². The van der Waals surface area contributed by atoms with E-state index in [1.165, 1.54) is 95.4 Å². The number of anilines is 3. The summed E-state index contributed by atoms with van der Waals surface area (Å²) in [6.45, 7) is 9.82. The maximum atomic E-state index is 2.62. The second-order valence-corrected chi connectivity index (χ2v) is 17.7. The van der Waals surface area contributed by atoms with E-state index in [0.717, 1.165) is 23.7 Å². The molecule has 246 valence electrons. The minimum absolute atomic E-state index is 0.0933. The van der Waals surface area contributed by atoms with Crippen molar-refractivity contribution in [3.63, 3.8) is 0 Å². The van der Waals surface area contributed by atoms with E-state index in [4.69, 9.17) is 0 Å². The molecule has 5 aromatic rings. The van der Waals surface area contributed by atoms with Gasteiger partial charge in [0.25, 0.3) is 0 Å². The summed E-state index contributed by atoms with van der Waals surface area (Å²) in [6.07, 6.45) is 9.50. The van der Waals surface area contributed by atoms with Gasteiger partial charge in [-0.05, 0) is 160 Å². The number of hydrogen-bond acceptors (Lipinski definition) is 1. The van der Waals surface area contributed by atoms with Crippen molar-refractivity contribution in [3.05, 3.63) is 138 Å². The molecule has 11 rings (SSSR count). The van der Waals surface area contributed by atoms with Crippen LogP contribution >= 0.6 is 0 Å². The Morgan fingerprint density at radius 2 is 1.16 bits per heavy atom. The van der Waals surface area contributed by atoms with Crippen LogP contribution in [0.1, 0.15) is 94.9 Å². The van der Waals surface area contributed by atoms with Crippen molar-refractivity contribution in [1.82, 2.24) is 0 Å². The van der Waals surface area contributed by atoms with Crippen LogP contribution in [0.25, 0.3) is 22.3 Å². The Kier molecular flexibility index (Phi) is 6.36. The Hall–Kier alpha value is -4.10. The first-order valence-electron chi connectivity index (χ1n) is 19.1. The number of nitrogens with zero attached hydrogens (tertiary/aromatic N) is 1. The van der Waals surface area contributed by atoms with Crippen LogP contribution in [0.4, 0.5) is 17.1 Å². The van der Waals surface area contributed by atoms with E-state index in [2.05, 4.69) is 148 Å². The van der Waals surface area contributed by atoms with Crippen LogP contribution in [0.2, 0.25) is 0 Å². The zero-order chi connectivity index (χ0) is 33.1. The summed E-state index contributed by atoms with van der Waals surface area (Å²) in [5.41, 5.74) is 16.2. The monoisotopic (exact) mass is 639 g/mol. The maximum absolute atomic E-state index is 2.62. The second-order valence-electron chi connectivity index (χ2n) is 17.7. The molecule has 1 nitrogen and oxygen atoms in total. The van der Waals surface area contributed by atoms with Crippen molar-refractivity contribution in [2.45, 2.75) is 88.9 Å². The van der Waals surface area contributed by atoms with Crippen LogP contribution < -0.4 is 4.90 Å². The third-order valence-electron chi connectivity index (χ3n) is 14.1. The molecule has 0 unspecified atom stereocenters. The lowest BCUT2D eigenvalue weighted by Gasteiger charge is -2.61. The molecule has 0 heterocycles. The van der Waals surface area contributed by atoms with E-state index in [-0.39, 0.29) is 16.2 Å². The molecule has 5 aromatic carbocycles. The summed E-state index contributed by atoms with van der Waals surface area (Å²) in [5.74, 6) is 3.36. The molecule has 0 aliphatic heterocycles. The van der Waals surface area contributed by atoms with Gasteiger partial charge in [0, 0.05) is 16.8 Å². The number of hydrogen-bond donors (Lipinski definition) is 0. The van der Waals surface area contributed by atoms with E-state index in [1.807, 2.05) is 0 Å².